The number of anilines is 1. The van der Waals surface area contributed by atoms with Gasteiger partial charge >= 0.3 is 0 Å². The standard InChI is InChI=1S/C13H20N4O4/c1-16-9-11(15-10-18)8-12(16)13(19)14-2-3-17(20)4-6-21-7-5-17/h8-10,20H,2-7H2,1H3,(H-,14,15,18,19)/p+1. The van der Waals surface area contributed by atoms with Crippen molar-refractivity contribution in [2.75, 3.05) is 44.7 Å². The molecule has 2 rings (SSSR count). The van der Waals surface area contributed by atoms with Gasteiger partial charge in [-0.1, -0.05) is 0 Å². The molecule has 0 radical (unpaired) electrons. The summed E-state index contributed by atoms with van der Waals surface area (Å²) in [5, 5.41) is 15.5. The summed E-state index contributed by atoms with van der Waals surface area (Å²) >= 11 is 0. The monoisotopic (exact) mass is 297 g/mol. The van der Waals surface area contributed by atoms with Crippen LogP contribution in [0.2, 0.25) is 0 Å². The molecule has 1 aromatic rings. The summed E-state index contributed by atoms with van der Waals surface area (Å²) in [6.45, 7) is 2.95. The molecule has 3 N–H and O–H groups in total. The van der Waals surface area contributed by atoms with Gasteiger partial charge in [0.1, 0.15) is 25.3 Å². The van der Waals surface area contributed by atoms with Crippen LogP contribution in [0.5, 0.6) is 0 Å². The highest BCUT2D eigenvalue weighted by Gasteiger charge is 2.28. The van der Waals surface area contributed by atoms with Crippen LogP contribution in [0.25, 0.3) is 0 Å². The molecular weight excluding hydrogens is 276 g/mol. The number of hydroxylamine groups is 3. The molecule has 8 heteroatoms. The normalized spacial score (nSPS) is 17.2. The number of quaternary nitrogens is 1. The first kappa shape index (κ1) is 15.5. The van der Waals surface area contributed by atoms with Crippen LogP contribution in [-0.2, 0) is 16.6 Å². The maximum Gasteiger partial charge on any atom is 0.268 e. The Morgan fingerprint density at radius 1 is 1.52 bits per heavy atom. The number of morpholine rings is 1. The zero-order valence-electron chi connectivity index (χ0n) is 12.0. The van der Waals surface area contributed by atoms with Gasteiger partial charge in [0.2, 0.25) is 6.41 Å². The van der Waals surface area contributed by atoms with Crippen LogP contribution in [0.4, 0.5) is 5.69 Å². The molecule has 0 unspecified atom stereocenters. The van der Waals surface area contributed by atoms with Crippen LogP contribution < -0.4 is 10.6 Å². The summed E-state index contributed by atoms with van der Waals surface area (Å²) in [5.41, 5.74) is 1.02. The van der Waals surface area contributed by atoms with E-state index in [1.807, 2.05) is 0 Å². The first-order valence-electron chi connectivity index (χ1n) is 6.85. The van der Waals surface area contributed by atoms with Gasteiger partial charge in [0, 0.05) is 13.2 Å². The van der Waals surface area contributed by atoms with E-state index in [1.165, 1.54) is 0 Å². The van der Waals surface area contributed by atoms with Gasteiger partial charge < -0.3 is 19.9 Å². The molecule has 0 atom stereocenters. The smallest absolute Gasteiger partial charge is 0.268 e. The number of aromatic nitrogens is 1. The van der Waals surface area contributed by atoms with E-state index in [9.17, 15) is 14.8 Å². The van der Waals surface area contributed by atoms with Gasteiger partial charge in [-0.05, 0) is 6.07 Å². The molecule has 1 aromatic heterocycles. The zero-order valence-corrected chi connectivity index (χ0v) is 12.0. The van der Waals surface area contributed by atoms with Crippen molar-refractivity contribution in [1.29, 1.82) is 0 Å². The largest absolute Gasteiger partial charge is 0.370 e. The fourth-order valence-corrected chi connectivity index (χ4v) is 2.31. The Balaban J connectivity index is 1.85. The zero-order chi connectivity index (χ0) is 15.3. The van der Waals surface area contributed by atoms with Crippen molar-refractivity contribution < 1.29 is 24.2 Å². The van der Waals surface area contributed by atoms with E-state index in [1.54, 1.807) is 23.9 Å². The number of nitrogens with one attached hydrogen (secondary N) is 2. The molecule has 0 bridgehead atoms. The Labute approximate surface area is 122 Å². The molecule has 1 aliphatic heterocycles. The van der Waals surface area contributed by atoms with Gasteiger partial charge in [0.15, 0.2) is 0 Å². The van der Waals surface area contributed by atoms with Crippen LogP contribution in [0.15, 0.2) is 12.3 Å². The number of carbonyl (C=O) groups excluding carboxylic acids is 2. The average molecular weight is 297 g/mol. The Hall–Kier alpha value is -1.90. The van der Waals surface area contributed by atoms with E-state index in [0.717, 1.165) is 0 Å². The van der Waals surface area contributed by atoms with Gasteiger partial charge in [0.05, 0.1) is 25.4 Å². The van der Waals surface area contributed by atoms with E-state index in [4.69, 9.17) is 4.74 Å². The molecule has 8 nitrogen and oxygen atoms in total. The molecular formula is C13H21N4O4+. The molecule has 0 aromatic carbocycles. The SMILES string of the molecule is Cn1cc(NC=O)cc1C(=O)NCC[N+]1(O)CCOCC1. The second kappa shape index (κ2) is 6.70. The van der Waals surface area contributed by atoms with Crippen LogP contribution >= 0.6 is 0 Å². The van der Waals surface area contributed by atoms with Crippen molar-refractivity contribution >= 4 is 18.0 Å². The fraction of sp³-hybridized carbons (Fsp3) is 0.538. The van der Waals surface area contributed by atoms with Gasteiger partial charge in [-0.15, -0.1) is 0 Å². The predicted molar refractivity (Wildman–Crippen MR) is 74.9 cm³/mol. The summed E-state index contributed by atoms with van der Waals surface area (Å²) in [5.74, 6) is -0.240. The van der Waals surface area contributed by atoms with Crippen molar-refractivity contribution in [3.63, 3.8) is 0 Å². The molecule has 116 valence electrons. The minimum atomic E-state index is -0.240. The predicted octanol–water partition coefficient (Wildman–Crippen LogP) is -0.441. The average Bonchev–Trinajstić information content (AvgIpc) is 2.81. The second-order valence-corrected chi connectivity index (χ2v) is 5.12. The van der Waals surface area contributed by atoms with E-state index in [0.29, 0.717) is 57.2 Å². The van der Waals surface area contributed by atoms with Crippen LogP contribution in [0.1, 0.15) is 10.5 Å². The number of rotatable bonds is 6. The van der Waals surface area contributed by atoms with Crippen LogP contribution in [0, 0.1) is 0 Å². The molecule has 0 aliphatic carbocycles. The van der Waals surface area contributed by atoms with Gasteiger partial charge in [-0.3, -0.25) is 9.59 Å². The van der Waals surface area contributed by atoms with Crippen molar-refractivity contribution in [2.45, 2.75) is 0 Å². The Morgan fingerprint density at radius 3 is 2.90 bits per heavy atom. The third kappa shape index (κ3) is 4.03. The summed E-state index contributed by atoms with van der Waals surface area (Å²) < 4.78 is 6.76. The van der Waals surface area contributed by atoms with Crippen molar-refractivity contribution in [3.8, 4) is 0 Å². The van der Waals surface area contributed by atoms with Crippen LogP contribution in [-0.4, -0.2) is 66.1 Å². The lowest BCUT2D eigenvalue weighted by atomic mass is 10.3. The third-order valence-electron chi connectivity index (χ3n) is 3.58. The molecule has 1 aliphatic rings. The number of hydrogen-bond acceptors (Lipinski definition) is 4. The van der Waals surface area contributed by atoms with E-state index in [2.05, 4.69) is 10.6 Å². The number of nitrogens with zero attached hydrogens (tertiary/aromatic N) is 2. The minimum Gasteiger partial charge on any atom is -0.370 e. The summed E-state index contributed by atoms with van der Waals surface area (Å²) in [6.07, 6.45) is 2.22. The summed E-state index contributed by atoms with van der Waals surface area (Å²) in [4.78, 5) is 22.5. The quantitative estimate of drug-likeness (QED) is 0.490. The lowest BCUT2D eigenvalue weighted by Gasteiger charge is -2.33. The number of ether oxygens (including phenoxy) is 1. The molecule has 2 heterocycles. The summed E-state index contributed by atoms with van der Waals surface area (Å²) in [7, 11) is 1.73. The molecule has 1 saturated heterocycles. The number of carbonyl (C=O) groups is 2. The van der Waals surface area contributed by atoms with Gasteiger partial charge in [-0.25, -0.2) is 5.21 Å². The maximum atomic E-state index is 12.1. The Morgan fingerprint density at radius 2 is 2.24 bits per heavy atom. The van der Waals surface area contributed by atoms with Crippen LogP contribution in [0.3, 0.4) is 0 Å². The number of aryl methyl sites for hydroxylation is 1. The topological polar surface area (TPSA) is 92.6 Å². The second-order valence-electron chi connectivity index (χ2n) is 5.12. The molecule has 21 heavy (non-hydrogen) atoms. The highest BCUT2D eigenvalue weighted by molar-refractivity contribution is 5.94. The first-order chi connectivity index (χ1) is 10.0. The molecule has 1 fully saturated rings. The lowest BCUT2D eigenvalue weighted by Crippen LogP contribution is -2.55. The summed E-state index contributed by atoms with van der Waals surface area (Å²) in [6, 6.07) is 1.60. The minimum absolute atomic E-state index is 0.0780. The van der Waals surface area contributed by atoms with Gasteiger partial charge in [-0.2, -0.15) is 4.65 Å². The van der Waals surface area contributed by atoms with Gasteiger partial charge in [0.25, 0.3) is 5.91 Å². The van der Waals surface area contributed by atoms with Crippen molar-refractivity contribution in [2.24, 2.45) is 7.05 Å². The highest BCUT2D eigenvalue weighted by Crippen LogP contribution is 2.12. The fourth-order valence-electron chi connectivity index (χ4n) is 2.31. The van der Waals surface area contributed by atoms with E-state index < -0.39 is 0 Å². The Kier molecular flexibility index (Phi) is 4.94. The number of hydrogen-bond donors (Lipinski definition) is 3. The van der Waals surface area contributed by atoms with Crippen molar-refractivity contribution in [3.05, 3.63) is 18.0 Å². The molecule has 0 spiro atoms. The molecule has 2 amide bonds. The lowest BCUT2D eigenvalue weighted by molar-refractivity contribution is -1.10. The molecule has 0 saturated carbocycles. The highest BCUT2D eigenvalue weighted by atomic mass is 16.6. The first-order valence-corrected chi connectivity index (χ1v) is 6.85. The maximum absolute atomic E-state index is 12.1. The Bertz CT molecular complexity index is 508. The van der Waals surface area contributed by atoms with E-state index in [-0.39, 0.29) is 10.6 Å². The van der Waals surface area contributed by atoms with Crippen molar-refractivity contribution in [1.82, 2.24) is 9.88 Å². The van der Waals surface area contributed by atoms with E-state index >= 15 is 0 Å². The third-order valence-corrected chi connectivity index (χ3v) is 3.58. The number of amides is 2.